The third-order valence-electron chi connectivity index (χ3n) is 5.89. The topological polar surface area (TPSA) is 49.7 Å². The fourth-order valence-corrected chi connectivity index (χ4v) is 6.22. The van der Waals surface area contributed by atoms with E-state index in [4.69, 9.17) is 4.74 Å². The molecule has 0 atom stereocenters. The van der Waals surface area contributed by atoms with E-state index in [1.165, 1.54) is 11.1 Å². The zero-order valence-electron chi connectivity index (χ0n) is 22.6. The van der Waals surface area contributed by atoms with Crippen molar-refractivity contribution in [3.8, 4) is 11.5 Å². The maximum absolute atomic E-state index is 10.5. The molecule has 2 aromatic rings. The summed E-state index contributed by atoms with van der Waals surface area (Å²) in [6.07, 6.45) is 0. The first-order valence-corrected chi connectivity index (χ1v) is 13.6. The highest BCUT2D eigenvalue weighted by atomic mass is 28.2. The zero-order valence-corrected chi connectivity index (χ0v) is 24.6. The van der Waals surface area contributed by atoms with Crippen LogP contribution >= 0.6 is 0 Å². The van der Waals surface area contributed by atoms with Crippen molar-refractivity contribution < 1.29 is 14.3 Å². The fourth-order valence-electron chi connectivity index (χ4n) is 4.49. The lowest BCUT2D eigenvalue weighted by atomic mass is 9.75. The van der Waals surface area contributed by atoms with E-state index in [0.29, 0.717) is 11.5 Å². The molecular formula is C28H42O3Si2. The molecule has 0 amide bonds. The van der Waals surface area contributed by atoms with Gasteiger partial charge in [0, 0.05) is 10.4 Å². The molecule has 0 spiro atoms. The Balaban J connectivity index is 2.81. The number of hydrogen-bond acceptors (Lipinski definition) is 3. The van der Waals surface area contributed by atoms with Gasteiger partial charge in [0.25, 0.3) is 19.5 Å². The van der Waals surface area contributed by atoms with Crippen molar-refractivity contribution in [2.45, 2.75) is 105 Å². The van der Waals surface area contributed by atoms with Crippen molar-refractivity contribution >= 4 is 29.9 Å². The van der Waals surface area contributed by atoms with Crippen LogP contribution in [-0.2, 0) is 21.7 Å². The molecule has 0 aliphatic carbocycles. The molecule has 0 saturated heterocycles. The van der Waals surface area contributed by atoms with Gasteiger partial charge in [0.05, 0.1) is 0 Å². The van der Waals surface area contributed by atoms with Crippen LogP contribution in [0.25, 0.3) is 0 Å². The van der Waals surface area contributed by atoms with Crippen molar-refractivity contribution in [3.05, 3.63) is 46.5 Å². The van der Waals surface area contributed by atoms with Crippen molar-refractivity contribution in [1.82, 2.24) is 0 Å². The van der Waals surface area contributed by atoms with E-state index in [2.05, 4.69) is 95.2 Å². The summed E-state index contributed by atoms with van der Waals surface area (Å²) in [6.45, 7) is 26.3. The second kappa shape index (κ2) is 9.33. The van der Waals surface area contributed by atoms with Crippen LogP contribution in [0.15, 0.2) is 24.3 Å². The lowest BCUT2D eigenvalue weighted by molar-refractivity contribution is 0.472. The van der Waals surface area contributed by atoms with E-state index in [0.717, 1.165) is 21.5 Å². The van der Waals surface area contributed by atoms with Crippen molar-refractivity contribution in [1.29, 1.82) is 0 Å². The predicted molar refractivity (Wildman–Crippen MR) is 143 cm³/mol. The minimum Gasteiger partial charge on any atom is -0.457 e. The lowest BCUT2D eigenvalue weighted by Gasteiger charge is -2.34. The second-order valence-corrected chi connectivity index (χ2v) is 14.5. The highest BCUT2D eigenvalue weighted by molar-refractivity contribution is 6.49. The minimum absolute atomic E-state index is 0.0546. The third kappa shape index (κ3) is 6.00. The van der Waals surface area contributed by atoms with Crippen LogP contribution in [0.1, 0.15) is 105 Å². The Morgan fingerprint density at radius 1 is 0.515 bits per heavy atom. The van der Waals surface area contributed by atoms with Crippen LogP contribution in [0.3, 0.4) is 0 Å². The molecule has 2 N–H and O–H groups in total. The first kappa shape index (κ1) is 27.8. The molecule has 3 nitrogen and oxygen atoms in total. The Hall–Kier alpha value is -1.41. The monoisotopic (exact) mass is 482 g/mol. The van der Waals surface area contributed by atoms with Gasteiger partial charge in [-0.2, -0.15) is 0 Å². The molecule has 0 unspecified atom stereocenters. The van der Waals surface area contributed by atoms with Gasteiger partial charge in [-0.3, -0.25) is 0 Å². The van der Waals surface area contributed by atoms with Crippen LogP contribution in [0.5, 0.6) is 11.5 Å². The van der Waals surface area contributed by atoms with Crippen LogP contribution in [-0.4, -0.2) is 29.1 Å². The summed E-state index contributed by atoms with van der Waals surface area (Å²) in [4.78, 5) is 21.0. The molecule has 0 aliphatic rings. The van der Waals surface area contributed by atoms with Crippen molar-refractivity contribution in [3.63, 3.8) is 0 Å². The molecule has 4 radical (unpaired) electrons. The first-order chi connectivity index (χ1) is 14.8. The summed E-state index contributed by atoms with van der Waals surface area (Å²) in [5, 5.41) is 1.69. The summed E-state index contributed by atoms with van der Waals surface area (Å²) in [6, 6.07) is 8.23. The maximum Gasteiger partial charge on any atom is 0.269 e. The largest absolute Gasteiger partial charge is 0.457 e. The van der Waals surface area contributed by atoms with Crippen molar-refractivity contribution in [2.24, 2.45) is 0 Å². The quantitative estimate of drug-likeness (QED) is 0.593. The average Bonchev–Trinajstić information content (AvgIpc) is 2.63. The molecule has 2 aromatic carbocycles. The Labute approximate surface area is 206 Å². The fraction of sp³-hybridized carbons (Fsp3) is 0.571. The van der Waals surface area contributed by atoms with Gasteiger partial charge in [0.2, 0.25) is 0 Å². The summed E-state index contributed by atoms with van der Waals surface area (Å²) in [5.74, 6) is 1.33. The summed E-state index contributed by atoms with van der Waals surface area (Å²) in [7, 11) is -0.769. The van der Waals surface area contributed by atoms with Crippen molar-refractivity contribution in [2.75, 3.05) is 0 Å². The maximum atomic E-state index is 10.5. The van der Waals surface area contributed by atoms with E-state index < -0.39 is 0 Å². The smallest absolute Gasteiger partial charge is 0.269 e. The first-order valence-electron chi connectivity index (χ1n) is 11.7. The Kier molecular flexibility index (Phi) is 7.87. The minimum atomic E-state index is -0.384. The van der Waals surface area contributed by atoms with Gasteiger partial charge in [-0.05, 0) is 56.0 Å². The lowest BCUT2D eigenvalue weighted by Crippen LogP contribution is -2.35. The van der Waals surface area contributed by atoms with E-state index in [1.807, 2.05) is 12.1 Å². The molecule has 0 aliphatic heterocycles. The SMILES string of the molecule is CC(C)(C)c1ccc(Oc2ccc(C(C)(C)C)c(C(C)(C)C)c2[Si]O)c([Si]O)c1C(C)(C)C. The van der Waals surface area contributed by atoms with Gasteiger partial charge in [0.15, 0.2) is 0 Å². The van der Waals surface area contributed by atoms with E-state index in [9.17, 15) is 9.59 Å². The third-order valence-corrected chi connectivity index (χ3v) is 7.33. The van der Waals surface area contributed by atoms with E-state index in [-0.39, 0.29) is 41.2 Å². The van der Waals surface area contributed by atoms with Gasteiger partial charge >= 0.3 is 0 Å². The average molecular weight is 483 g/mol. The summed E-state index contributed by atoms with van der Waals surface area (Å²) in [5.41, 5.74) is 4.32. The van der Waals surface area contributed by atoms with Crippen LogP contribution in [0.2, 0.25) is 0 Å². The molecule has 180 valence electrons. The molecule has 0 heterocycles. The van der Waals surface area contributed by atoms with Gasteiger partial charge < -0.3 is 14.3 Å². The Bertz CT molecular complexity index is 917. The Morgan fingerprint density at radius 2 is 0.818 bits per heavy atom. The number of rotatable bonds is 4. The van der Waals surface area contributed by atoms with Crippen LogP contribution < -0.4 is 15.1 Å². The van der Waals surface area contributed by atoms with Gasteiger partial charge in [-0.1, -0.05) is 95.2 Å². The van der Waals surface area contributed by atoms with Gasteiger partial charge in [0.1, 0.15) is 11.5 Å². The predicted octanol–water partition coefficient (Wildman–Crippen LogP) is 5.14. The molecular weight excluding hydrogens is 440 g/mol. The van der Waals surface area contributed by atoms with Crippen LogP contribution in [0, 0.1) is 0 Å². The van der Waals surface area contributed by atoms with Crippen LogP contribution in [0.4, 0.5) is 0 Å². The number of hydrogen-bond donors (Lipinski definition) is 2. The number of ether oxygens (including phenoxy) is 1. The van der Waals surface area contributed by atoms with E-state index in [1.54, 1.807) is 0 Å². The Morgan fingerprint density at radius 3 is 1.03 bits per heavy atom. The standard InChI is InChI=1S/C28H42O3Si2/c1-25(2,3)17-13-15-19(23(32-29)21(17)27(7,8)9)31-20-16-14-18(26(4,5)6)22(24(20)33-30)28(10,11)12/h13-16,29-30H,1-12H3. The molecule has 33 heavy (non-hydrogen) atoms. The van der Waals surface area contributed by atoms with Gasteiger partial charge in [-0.25, -0.2) is 0 Å². The summed E-state index contributed by atoms with van der Waals surface area (Å²) < 4.78 is 6.52. The molecule has 0 bridgehead atoms. The number of benzene rings is 2. The highest BCUT2D eigenvalue weighted by Crippen LogP contribution is 2.38. The zero-order chi connectivity index (χ0) is 25.6. The molecule has 5 heteroatoms. The molecule has 0 aromatic heterocycles. The molecule has 0 fully saturated rings. The molecule has 2 rings (SSSR count). The highest BCUT2D eigenvalue weighted by Gasteiger charge is 2.32. The second-order valence-electron chi connectivity index (χ2n) is 13.0. The van der Waals surface area contributed by atoms with E-state index >= 15 is 0 Å². The molecule has 0 saturated carbocycles. The van der Waals surface area contributed by atoms with Gasteiger partial charge in [-0.15, -0.1) is 0 Å². The summed E-state index contributed by atoms with van der Waals surface area (Å²) >= 11 is 0. The normalized spacial score (nSPS) is 13.4.